The maximum atomic E-state index is 13.0. The van der Waals surface area contributed by atoms with Gasteiger partial charge >= 0.3 is 0 Å². The lowest BCUT2D eigenvalue weighted by molar-refractivity contribution is 0.594. The Morgan fingerprint density at radius 3 is 2.66 bits per heavy atom. The van der Waals surface area contributed by atoms with Crippen molar-refractivity contribution in [2.75, 3.05) is 0 Å². The van der Waals surface area contributed by atoms with Crippen LogP contribution in [0.3, 0.4) is 0 Å². The first-order chi connectivity index (χ1) is 14.0. The Labute approximate surface area is 164 Å². The van der Waals surface area contributed by atoms with Gasteiger partial charge in [-0.2, -0.15) is 10.2 Å². The summed E-state index contributed by atoms with van der Waals surface area (Å²) in [6, 6.07) is 12.7. The molecule has 3 heterocycles. The smallest absolute Gasteiger partial charge is 0.274 e. The summed E-state index contributed by atoms with van der Waals surface area (Å²) in [5.41, 5.74) is 0.854. The third-order valence-corrected chi connectivity index (χ3v) is 6.49. The highest BCUT2D eigenvalue weighted by molar-refractivity contribution is 7.91. The average Bonchev–Trinajstić information content (AvgIpc) is 3.41. The van der Waals surface area contributed by atoms with Gasteiger partial charge in [0.15, 0.2) is 0 Å². The van der Waals surface area contributed by atoms with E-state index in [0.717, 1.165) is 5.39 Å². The number of aromatic nitrogens is 4. The van der Waals surface area contributed by atoms with Gasteiger partial charge in [0, 0.05) is 23.0 Å². The zero-order valence-electron chi connectivity index (χ0n) is 14.9. The summed E-state index contributed by atoms with van der Waals surface area (Å²) in [5, 5.41) is 12.5. The molecule has 0 aliphatic rings. The number of aromatic amines is 1. The topological polar surface area (TPSA) is 111 Å². The Balaban J connectivity index is 1.58. The molecule has 9 heteroatoms. The van der Waals surface area contributed by atoms with Gasteiger partial charge in [0.25, 0.3) is 5.56 Å². The SMILES string of the molecule is O=c1c2ccc(S(=O)(=O)c3ccc4ccoc4c3)cc2cnn1Cc1cc[nH]n1. The second-order valence-electron chi connectivity index (χ2n) is 6.55. The minimum Gasteiger partial charge on any atom is -0.464 e. The summed E-state index contributed by atoms with van der Waals surface area (Å²) in [6.45, 7) is 0.224. The number of hydrogen-bond acceptors (Lipinski definition) is 6. The van der Waals surface area contributed by atoms with Gasteiger partial charge in [0.2, 0.25) is 9.84 Å². The molecular weight excluding hydrogens is 392 g/mol. The van der Waals surface area contributed by atoms with Crippen LogP contribution in [0.25, 0.3) is 21.7 Å². The van der Waals surface area contributed by atoms with Crippen molar-refractivity contribution >= 4 is 31.6 Å². The zero-order chi connectivity index (χ0) is 20.0. The van der Waals surface area contributed by atoms with Gasteiger partial charge in [-0.15, -0.1) is 0 Å². The lowest BCUT2D eigenvalue weighted by atomic mass is 10.2. The van der Waals surface area contributed by atoms with E-state index >= 15 is 0 Å². The van der Waals surface area contributed by atoms with Crippen molar-refractivity contribution in [1.82, 2.24) is 20.0 Å². The molecule has 144 valence electrons. The summed E-state index contributed by atoms with van der Waals surface area (Å²) in [7, 11) is -3.77. The van der Waals surface area contributed by atoms with Crippen LogP contribution in [0.1, 0.15) is 5.69 Å². The fourth-order valence-electron chi connectivity index (χ4n) is 3.22. The second-order valence-corrected chi connectivity index (χ2v) is 8.50. The molecule has 0 amide bonds. The highest BCUT2D eigenvalue weighted by Crippen LogP contribution is 2.26. The van der Waals surface area contributed by atoms with Crippen molar-refractivity contribution in [3.05, 3.63) is 83.2 Å². The molecule has 0 aliphatic carbocycles. The van der Waals surface area contributed by atoms with Crippen LogP contribution in [0.4, 0.5) is 0 Å². The first-order valence-corrected chi connectivity index (χ1v) is 10.2. The minimum atomic E-state index is -3.77. The van der Waals surface area contributed by atoms with E-state index in [2.05, 4.69) is 15.3 Å². The van der Waals surface area contributed by atoms with Crippen LogP contribution in [0, 0.1) is 0 Å². The van der Waals surface area contributed by atoms with E-state index in [4.69, 9.17) is 4.42 Å². The van der Waals surface area contributed by atoms with Gasteiger partial charge in [-0.3, -0.25) is 9.89 Å². The highest BCUT2D eigenvalue weighted by atomic mass is 32.2. The van der Waals surface area contributed by atoms with Crippen molar-refractivity contribution in [3.63, 3.8) is 0 Å². The van der Waals surface area contributed by atoms with Gasteiger partial charge in [-0.05, 0) is 42.5 Å². The molecule has 0 fully saturated rings. The number of nitrogens with one attached hydrogen (secondary N) is 1. The standard InChI is InChI=1S/C20H14N4O4S/c25-20-18-4-3-16(9-14(18)11-22-24(20)12-15-5-7-21-23-15)29(26,27)17-2-1-13-6-8-28-19(13)10-17/h1-11H,12H2,(H,21,23). The Kier molecular flexibility index (Phi) is 3.85. The number of nitrogens with zero attached hydrogens (tertiary/aromatic N) is 3. The average molecular weight is 406 g/mol. The Morgan fingerprint density at radius 2 is 1.83 bits per heavy atom. The van der Waals surface area contributed by atoms with Crippen LogP contribution in [0.15, 0.2) is 86.2 Å². The maximum absolute atomic E-state index is 13.0. The summed E-state index contributed by atoms with van der Waals surface area (Å²) in [6.07, 6.45) is 4.66. The first kappa shape index (κ1) is 17.4. The Bertz CT molecular complexity index is 1520. The molecular formula is C20H14N4O4S. The van der Waals surface area contributed by atoms with Gasteiger partial charge in [-0.1, -0.05) is 0 Å². The molecule has 1 N–H and O–H groups in total. The number of fused-ring (bicyclic) bond motifs is 2. The molecule has 0 unspecified atom stereocenters. The summed E-state index contributed by atoms with van der Waals surface area (Å²) < 4.78 is 32.7. The summed E-state index contributed by atoms with van der Waals surface area (Å²) in [5.74, 6) is 0. The normalized spacial score (nSPS) is 12.0. The van der Waals surface area contributed by atoms with Crippen LogP contribution >= 0.6 is 0 Å². The predicted molar refractivity (Wildman–Crippen MR) is 105 cm³/mol. The van der Waals surface area contributed by atoms with E-state index < -0.39 is 9.84 Å². The number of rotatable bonds is 4. The lowest BCUT2D eigenvalue weighted by Gasteiger charge is -2.08. The van der Waals surface area contributed by atoms with E-state index in [0.29, 0.717) is 22.0 Å². The highest BCUT2D eigenvalue weighted by Gasteiger charge is 2.20. The number of furan rings is 1. The molecule has 5 rings (SSSR count). The first-order valence-electron chi connectivity index (χ1n) is 8.73. The predicted octanol–water partition coefficient (Wildman–Crippen LogP) is 2.75. The molecule has 0 spiro atoms. The molecule has 2 aromatic carbocycles. The van der Waals surface area contributed by atoms with E-state index in [-0.39, 0.29) is 21.9 Å². The van der Waals surface area contributed by atoms with Crippen molar-refractivity contribution in [2.24, 2.45) is 0 Å². The third-order valence-electron chi connectivity index (χ3n) is 4.74. The number of H-pyrrole nitrogens is 1. The molecule has 5 aromatic rings. The zero-order valence-corrected chi connectivity index (χ0v) is 15.8. The molecule has 0 aliphatic heterocycles. The molecule has 0 saturated carbocycles. The minimum absolute atomic E-state index is 0.0853. The maximum Gasteiger partial charge on any atom is 0.274 e. The van der Waals surface area contributed by atoms with Gasteiger partial charge in [0.05, 0.1) is 39.9 Å². The summed E-state index contributed by atoms with van der Waals surface area (Å²) >= 11 is 0. The van der Waals surface area contributed by atoms with E-state index in [1.165, 1.54) is 47.5 Å². The molecule has 8 nitrogen and oxygen atoms in total. The van der Waals surface area contributed by atoms with Crippen LogP contribution in [0.5, 0.6) is 0 Å². The monoisotopic (exact) mass is 406 g/mol. The molecule has 0 saturated heterocycles. The van der Waals surface area contributed by atoms with Crippen LogP contribution < -0.4 is 5.56 Å². The molecule has 0 bridgehead atoms. The Morgan fingerprint density at radius 1 is 1.00 bits per heavy atom. The third kappa shape index (κ3) is 2.92. The van der Waals surface area contributed by atoms with Crippen molar-refractivity contribution in [1.29, 1.82) is 0 Å². The van der Waals surface area contributed by atoms with E-state index in [9.17, 15) is 13.2 Å². The van der Waals surface area contributed by atoms with Gasteiger partial charge in [0.1, 0.15) is 5.58 Å². The van der Waals surface area contributed by atoms with Gasteiger partial charge < -0.3 is 4.42 Å². The van der Waals surface area contributed by atoms with Crippen LogP contribution in [-0.2, 0) is 16.4 Å². The van der Waals surface area contributed by atoms with Crippen molar-refractivity contribution in [2.45, 2.75) is 16.3 Å². The van der Waals surface area contributed by atoms with E-state index in [1.54, 1.807) is 24.4 Å². The van der Waals surface area contributed by atoms with Gasteiger partial charge in [-0.25, -0.2) is 13.1 Å². The van der Waals surface area contributed by atoms with E-state index in [1.807, 2.05) is 0 Å². The molecule has 29 heavy (non-hydrogen) atoms. The second kappa shape index (κ2) is 6.42. The fourth-order valence-corrected chi connectivity index (χ4v) is 4.53. The quantitative estimate of drug-likeness (QED) is 0.491. The number of benzene rings is 2. The lowest BCUT2D eigenvalue weighted by Crippen LogP contribution is -2.23. The summed E-state index contributed by atoms with van der Waals surface area (Å²) in [4.78, 5) is 12.9. The molecule has 0 atom stereocenters. The Hall–Kier alpha value is -3.72. The largest absolute Gasteiger partial charge is 0.464 e. The van der Waals surface area contributed by atoms with Crippen molar-refractivity contribution in [3.8, 4) is 0 Å². The van der Waals surface area contributed by atoms with Crippen molar-refractivity contribution < 1.29 is 12.8 Å². The number of hydrogen-bond donors (Lipinski definition) is 1. The van der Waals surface area contributed by atoms with Crippen LogP contribution in [-0.4, -0.2) is 28.4 Å². The number of sulfone groups is 1. The molecule has 3 aromatic heterocycles. The molecule has 0 radical (unpaired) electrons. The fraction of sp³-hybridized carbons (Fsp3) is 0.0500. The van der Waals surface area contributed by atoms with Crippen LogP contribution in [0.2, 0.25) is 0 Å².